The minimum absolute atomic E-state index is 0.318. The molecule has 0 aliphatic carbocycles. The van der Waals surface area contributed by atoms with Crippen LogP contribution < -0.4 is 10.2 Å². The standard InChI is InChI=1S/C28H28N2.C4H10O.3C2H6/c1-21(26-16-9-12-23-10-5-7-15-27(23)26)29-19-22-18-24-11-6-8-17-28(24)30(20-22)25-13-3-2-4-14-25;1-3-4-5-2;3*1-2/h2-17,21-22,29H,18-20H2,1H3;3-4H2,1-2H3;3*1-2H3/t21-,22?;;;;/m1..../s1. The van der Waals surface area contributed by atoms with Crippen LogP contribution in [0.25, 0.3) is 10.8 Å². The van der Waals surface area contributed by atoms with Crippen LogP contribution in [0.2, 0.25) is 0 Å². The molecule has 0 aromatic heterocycles. The Morgan fingerprint density at radius 3 is 2.05 bits per heavy atom. The number of anilines is 2. The maximum Gasteiger partial charge on any atom is 0.0459 e. The van der Waals surface area contributed by atoms with E-state index < -0.39 is 0 Å². The van der Waals surface area contributed by atoms with Crippen molar-refractivity contribution in [1.82, 2.24) is 5.32 Å². The third-order valence-corrected chi connectivity index (χ3v) is 6.71. The second-order valence-corrected chi connectivity index (χ2v) is 9.34. The van der Waals surface area contributed by atoms with Gasteiger partial charge in [-0.1, -0.05) is 127 Å². The van der Waals surface area contributed by atoms with Crippen LogP contribution in [0, 0.1) is 5.92 Å². The van der Waals surface area contributed by atoms with E-state index in [1.165, 1.54) is 33.3 Å². The number of nitrogens with zero attached hydrogens (tertiary/aromatic N) is 1. The molecule has 4 aromatic rings. The molecule has 1 aliphatic heterocycles. The zero-order chi connectivity index (χ0) is 30.5. The Kier molecular flexibility index (Phi) is 18.9. The fourth-order valence-electron chi connectivity index (χ4n) is 4.95. The molecule has 0 spiro atoms. The van der Waals surface area contributed by atoms with E-state index in [4.69, 9.17) is 4.74 Å². The molecule has 1 heterocycles. The van der Waals surface area contributed by atoms with Crippen molar-refractivity contribution in [3.63, 3.8) is 0 Å². The number of nitrogens with one attached hydrogen (secondary N) is 1. The lowest BCUT2D eigenvalue weighted by atomic mass is 9.91. The Hall–Kier alpha value is -3.14. The van der Waals surface area contributed by atoms with Gasteiger partial charge in [0.1, 0.15) is 0 Å². The van der Waals surface area contributed by atoms with Crippen molar-refractivity contribution < 1.29 is 4.74 Å². The molecule has 41 heavy (non-hydrogen) atoms. The van der Waals surface area contributed by atoms with Crippen LogP contribution in [-0.2, 0) is 11.2 Å². The van der Waals surface area contributed by atoms with Crippen molar-refractivity contribution in [2.24, 2.45) is 5.92 Å². The summed E-state index contributed by atoms with van der Waals surface area (Å²) in [5, 5.41) is 6.49. The molecule has 3 heteroatoms. The zero-order valence-corrected chi connectivity index (χ0v) is 27.3. The van der Waals surface area contributed by atoms with Crippen LogP contribution in [0.15, 0.2) is 97.1 Å². The highest BCUT2D eigenvalue weighted by Crippen LogP contribution is 2.35. The summed E-state index contributed by atoms with van der Waals surface area (Å²) < 4.78 is 4.69. The predicted octanol–water partition coefficient (Wildman–Crippen LogP) is 10.6. The van der Waals surface area contributed by atoms with Crippen LogP contribution in [-0.4, -0.2) is 26.8 Å². The first-order chi connectivity index (χ1) is 20.2. The maximum atomic E-state index is 4.69. The van der Waals surface area contributed by atoms with Crippen LogP contribution >= 0.6 is 0 Å². The van der Waals surface area contributed by atoms with Crippen molar-refractivity contribution in [3.8, 4) is 0 Å². The molecular weight excluding hydrogens is 500 g/mol. The van der Waals surface area contributed by atoms with Crippen molar-refractivity contribution in [3.05, 3.63) is 108 Å². The van der Waals surface area contributed by atoms with Crippen LogP contribution in [0.3, 0.4) is 0 Å². The number of para-hydroxylation sites is 2. The van der Waals surface area contributed by atoms with Gasteiger partial charge in [-0.05, 0) is 65.8 Å². The van der Waals surface area contributed by atoms with Gasteiger partial charge in [0, 0.05) is 44.2 Å². The lowest BCUT2D eigenvalue weighted by molar-refractivity contribution is 0.199. The summed E-state index contributed by atoms with van der Waals surface area (Å²) >= 11 is 0. The van der Waals surface area contributed by atoms with Gasteiger partial charge in [0.25, 0.3) is 0 Å². The van der Waals surface area contributed by atoms with Crippen molar-refractivity contribution in [2.75, 3.05) is 31.7 Å². The third-order valence-electron chi connectivity index (χ3n) is 6.71. The monoisotopic (exact) mass is 556 g/mol. The molecule has 0 saturated heterocycles. The molecule has 1 unspecified atom stereocenters. The topological polar surface area (TPSA) is 24.5 Å². The molecule has 1 N–H and O–H groups in total. The average Bonchev–Trinajstić information content (AvgIpc) is 3.07. The van der Waals surface area contributed by atoms with Gasteiger partial charge in [-0.2, -0.15) is 0 Å². The first-order valence-corrected chi connectivity index (χ1v) is 15.8. The van der Waals surface area contributed by atoms with E-state index in [0.29, 0.717) is 12.0 Å². The van der Waals surface area contributed by atoms with Gasteiger partial charge in [-0.3, -0.25) is 0 Å². The Morgan fingerprint density at radius 1 is 0.780 bits per heavy atom. The quantitative estimate of drug-likeness (QED) is 0.245. The molecule has 1 aliphatic rings. The highest BCUT2D eigenvalue weighted by atomic mass is 16.5. The van der Waals surface area contributed by atoms with E-state index in [9.17, 15) is 0 Å². The Morgan fingerprint density at radius 2 is 1.39 bits per heavy atom. The van der Waals surface area contributed by atoms with E-state index in [0.717, 1.165) is 32.5 Å². The first kappa shape index (κ1) is 35.9. The van der Waals surface area contributed by atoms with Crippen LogP contribution in [0.4, 0.5) is 11.4 Å². The molecule has 224 valence electrons. The SMILES string of the molecule is CC.CC.CC.CCCOC.C[C@@H](NCC1Cc2ccccc2N(c2ccccc2)C1)c1cccc2ccccc12. The largest absolute Gasteiger partial charge is 0.385 e. The average molecular weight is 557 g/mol. The molecule has 4 aromatic carbocycles. The van der Waals surface area contributed by atoms with Crippen molar-refractivity contribution >= 4 is 22.1 Å². The number of hydrogen-bond acceptors (Lipinski definition) is 3. The summed E-state index contributed by atoms with van der Waals surface area (Å²) in [6, 6.07) is 35.2. The number of hydrogen-bond donors (Lipinski definition) is 1. The zero-order valence-electron chi connectivity index (χ0n) is 27.3. The van der Waals surface area contributed by atoms with Crippen LogP contribution in [0.1, 0.15) is 79.0 Å². The molecule has 5 rings (SSSR count). The number of benzene rings is 4. The molecule has 3 nitrogen and oxygen atoms in total. The summed E-state index contributed by atoms with van der Waals surface area (Å²) in [6.07, 6.45) is 2.24. The minimum atomic E-state index is 0.318. The lowest BCUT2D eigenvalue weighted by Gasteiger charge is -2.37. The molecular formula is C38H56N2O. The van der Waals surface area contributed by atoms with Gasteiger partial charge >= 0.3 is 0 Å². The molecule has 2 atom stereocenters. The maximum absolute atomic E-state index is 4.69. The van der Waals surface area contributed by atoms with Gasteiger partial charge in [0.05, 0.1) is 0 Å². The predicted molar refractivity (Wildman–Crippen MR) is 184 cm³/mol. The Balaban J connectivity index is 0.000000672. The summed E-state index contributed by atoms with van der Waals surface area (Å²) in [4.78, 5) is 2.48. The van der Waals surface area contributed by atoms with E-state index in [2.05, 4.69) is 121 Å². The van der Waals surface area contributed by atoms with E-state index in [1.807, 2.05) is 41.5 Å². The van der Waals surface area contributed by atoms with Gasteiger partial charge in [-0.25, -0.2) is 0 Å². The van der Waals surface area contributed by atoms with Crippen molar-refractivity contribution in [2.45, 2.75) is 74.3 Å². The summed E-state index contributed by atoms with van der Waals surface area (Å²) in [5.41, 5.74) is 5.44. The number of ether oxygens (including phenoxy) is 1. The highest BCUT2D eigenvalue weighted by Gasteiger charge is 2.25. The second-order valence-electron chi connectivity index (χ2n) is 9.34. The molecule has 0 saturated carbocycles. The fourth-order valence-corrected chi connectivity index (χ4v) is 4.95. The van der Waals surface area contributed by atoms with E-state index in [-0.39, 0.29) is 0 Å². The van der Waals surface area contributed by atoms with Gasteiger partial charge in [0.15, 0.2) is 0 Å². The smallest absolute Gasteiger partial charge is 0.0459 e. The number of methoxy groups -OCH3 is 1. The molecule has 0 fully saturated rings. The first-order valence-electron chi connectivity index (χ1n) is 15.8. The second kappa shape index (κ2) is 21.6. The van der Waals surface area contributed by atoms with Crippen molar-refractivity contribution in [1.29, 1.82) is 0 Å². The van der Waals surface area contributed by atoms with Crippen LogP contribution in [0.5, 0.6) is 0 Å². The summed E-state index contributed by atoms with van der Waals surface area (Å²) in [6.45, 7) is 19.3. The third kappa shape index (κ3) is 11.0. The van der Waals surface area contributed by atoms with Gasteiger partial charge in [0.2, 0.25) is 0 Å². The lowest BCUT2D eigenvalue weighted by Crippen LogP contribution is -2.38. The fraction of sp³-hybridized carbons (Fsp3) is 0.421. The number of rotatable bonds is 7. The Bertz CT molecular complexity index is 1180. The molecule has 0 radical (unpaired) electrons. The summed E-state index contributed by atoms with van der Waals surface area (Å²) in [5.74, 6) is 0.567. The van der Waals surface area contributed by atoms with E-state index in [1.54, 1.807) is 7.11 Å². The normalized spacial score (nSPS) is 13.9. The highest BCUT2D eigenvalue weighted by molar-refractivity contribution is 5.86. The van der Waals surface area contributed by atoms with Gasteiger partial charge < -0.3 is 15.0 Å². The minimum Gasteiger partial charge on any atom is -0.385 e. The van der Waals surface area contributed by atoms with Gasteiger partial charge in [-0.15, -0.1) is 0 Å². The summed E-state index contributed by atoms with van der Waals surface area (Å²) in [7, 11) is 1.71. The van der Waals surface area contributed by atoms with E-state index >= 15 is 0 Å². The molecule has 0 bridgehead atoms. The Labute approximate surface area is 252 Å². The number of fused-ring (bicyclic) bond motifs is 2. The molecule has 0 amide bonds.